The van der Waals surface area contributed by atoms with Gasteiger partial charge in [-0.1, -0.05) is 23.7 Å². The number of rotatable bonds is 9. The van der Waals surface area contributed by atoms with E-state index in [1.807, 2.05) is 22.8 Å². The summed E-state index contributed by atoms with van der Waals surface area (Å²) in [7, 11) is -3.11. The number of hydrogen-bond donors (Lipinski definition) is 0. The number of carbonyl (C=O) groups excluding carboxylic acids is 1. The van der Waals surface area contributed by atoms with Crippen molar-refractivity contribution in [2.75, 3.05) is 25.4 Å². The molecule has 4 heterocycles. The number of sulfone groups is 1. The zero-order valence-corrected chi connectivity index (χ0v) is 26.2. The standard InChI is InChI=1S/C32H35ClFN3O6S/c1-3-41-30(38)10-8-23-18-35-29(37(23)19-24-13-16-44(24,39)40)20-36-14-11-21(12-15-36)25-5-4-6-28-31(25)43-32(2,42-28)26-9-7-22(33)17-27(26)34/h4-10,17-18,21,24H,3,11-16,19-20H2,1-2H3/b10-8+/t24-,32+/m1/s1. The van der Waals surface area contributed by atoms with Gasteiger partial charge in [-0.25, -0.2) is 22.6 Å². The number of benzene rings is 2. The molecule has 2 atom stereocenters. The molecule has 0 unspecified atom stereocenters. The first-order valence-electron chi connectivity index (χ1n) is 14.9. The van der Waals surface area contributed by atoms with E-state index in [1.54, 1.807) is 38.3 Å². The highest BCUT2D eigenvalue weighted by atomic mass is 35.5. The van der Waals surface area contributed by atoms with Gasteiger partial charge in [0.15, 0.2) is 21.3 Å². The average molecular weight is 644 g/mol. The lowest BCUT2D eigenvalue weighted by molar-refractivity contribution is -0.137. The minimum absolute atomic E-state index is 0.203. The van der Waals surface area contributed by atoms with Crippen molar-refractivity contribution in [1.29, 1.82) is 0 Å². The number of hydrogen-bond acceptors (Lipinski definition) is 8. The van der Waals surface area contributed by atoms with E-state index >= 15 is 0 Å². The minimum Gasteiger partial charge on any atom is -0.463 e. The number of nitrogens with zero attached hydrogens (tertiary/aromatic N) is 3. The highest BCUT2D eigenvalue weighted by molar-refractivity contribution is 7.93. The van der Waals surface area contributed by atoms with E-state index in [-0.39, 0.29) is 23.8 Å². The molecule has 0 spiro atoms. The molecule has 9 nitrogen and oxygen atoms in total. The van der Waals surface area contributed by atoms with Crippen molar-refractivity contribution in [2.45, 2.75) is 63.2 Å². The molecule has 2 aromatic carbocycles. The molecular weight excluding hydrogens is 609 g/mol. The minimum atomic E-state index is -3.11. The summed E-state index contributed by atoms with van der Waals surface area (Å²) >= 11 is 5.96. The van der Waals surface area contributed by atoms with Crippen molar-refractivity contribution in [1.82, 2.24) is 14.5 Å². The zero-order valence-electron chi connectivity index (χ0n) is 24.7. The molecule has 3 aromatic rings. The van der Waals surface area contributed by atoms with Gasteiger partial charge < -0.3 is 18.8 Å². The van der Waals surface area contributed by atoms with Gasteiger partial charge in [-0.05, 0) is 75.5 Å². The lowest BCUT2D eigenvalue weighted by Gasteiger charge is -2.33. The van der Waals surface area contributed by atoms with Crippen molar-refractivity contribution in [3.63, 3.8) is 0 Å². The van der Waals surface area contributed by atoms with Gasteiger partial charge in [-0.15, -0.1) is 0 Å². The fourth-order valence-electron chi connectivity index (χ4n) is 6.17. The highest BCUT2D eigenvalue weighted by Crippen LogP contribution is 2.49. The average Bonchev–Trinajstić information content (AvgIpc) is 3.54. The first-order chi connectivity index (χ1) is 21.1. The first kappa shape index (κ1) is 30.6. The number of esters is 1. The fraction of sp³-hybridized carbons (Fsp3) is 0.438. The van der Waals surface area contributed by atoms with Gasteiger partial charge in [-0.2, -0.15) is 0 Å². The number of ether oxygens (including phenoxy) is 3. The van der Waals surface area contributed by atoms with Crippen LogP contribution in [0.5, 0.6) is 11.5 Å². The molecule has 0 aliphatic carbocycles. The van der Waals surface area contributed by atoms with Gasteiger partial charge >= 0.3 is 5.97 Å². The highest BCUT2D eigenvalue weighted by Gasteiger charge is 2.43. The fourth-order valence-corrected chi connectivity index (χ4v) is 7.66. The number of para-hydroxylation sites is 1. The summed E-state index contributed by atoms with van der Waals surface area (Å²) < 4.78 is 58.9. The van der Waals surface area contributed by atoms with Crippen LogP contribution in [0.1, 0.15) is 61.7 Å². The molecule has 0 saturated carbocycles. The van der Waals surface area contributed by atoms with E-state index in [0.29, 0.717) is 41.7 Å². The first-order valence-corrected chi connectivity index (χ1v) is 17.0. The lowest BCUT2D eigenvalue weighted by Crippen LogP contribution is -2.40. The Morgan fingerprint density at radius 3 is 2.68 bits per heavy atom. The third-order valence-corrected chi connectivity index (χ3v) is 11.1. The predicted molar refractivity (Wildman–Crippen MR) is 164 cm³/mol. The summed E-state index contributed by atoms with van der Waals surface area (Å²) in [6.45, 7) is 6.16. The Kier molecular flexibility index (Phi) is 8.47. The van der Waals surface area contributed by atoms with Crippen LogP contribution in [-0.4, -0.2) is 59.5 Å². The molecule has 2 fully saturated rings. The van der Waals surface area contributed by atoms with Crippen LogP contribution < -0.4 is 9.47 Å². The van der Waals surface area contributed by atoms with E-state index in [1.165, 1.54) is 12.1 Å². The third kappa shape index (κ3) is 6.09. The van der Waals surface area contributed by atoms with Gasteiger partial charge in [0.2, 0.25) is 0 Å². The molecule has 0 bridgehead atoms. The second-order valence-corrected chi connectivity index (χ2v) is 14.4. The van der Waals surface area contributed by atoms with Gasteiger partial charge in [-0.3, -0.25) is 4.90 Å². The van der Waals surface area contributed by atoms with Crippen molar-refractivity contribution < 1.29 is 31.8 Å². The molecular formula is C32H35ClFN3O6S. The molecule has 1 aromatic heterocycles. The Morgan fingerprint density at radius 2 is 2.00 bits per heavy atom. The van der Waals surface area contributed by atoms with Crippen LogP contribution in [0.3, 0.4) is 0 Å². The molecule has 12 heteroatoms. The van der Waals surface area contributed by atoms with Crippen LogP contribution in [0.15, 0.2) is 48.7 Å². The second kappa shape index (κ2) is 12.2. The van der Waals surface area contributed by atoms with Crippen LogP contribution in [0.2, 0.25) is 5.02 Å². The number of likely N-dealkylation sites (tertiary alicyclic amines) is 1. The smallest absolute Gasteiger partial charge is 0.330 e. The van der Waals surface area contributed by atoms with Crippen LogP contribution in [0, 0.1) is 5.82 Å². The summed E-state index contributed by atoms with van der Waals surface area (Å²) in [6.07, 6.45) is 6.99. The quantitative estimate of drug-likeness (QED) is 0.224. The molecule has 0 radical (unpaired) electrons. The van der Waals surface area contributed by atoms with E-state index in [0.717, 1.165) is 37.3 Å². The normalized spacial score (nSPS) is 23.1. The predicted octanol–water partition coefficient (Wildman–Crippen LogP) is 5.46. The maximum atomic E-state index is 14.8. The number of piperidine rings is 1. The van der Waals surface area contributed by atoms with Crippen molar-refractivity contribution >= 4 is 33.5 Å². The van der Waals surface area contributed by atoms with Crippen LogP contribution in [0.25, 0.3) is 6.08 Å². The second-order valence-electron chi connectivity index (χ2n) is 11.6. The van der Waals surface area contributed by atoms with E-state index in [4.69, 9.17) is 25.8 Å². The summed E-state index contributed by atoms with van der Waals surface area (Å²) in [5.41, 5.74) is 1.98. The Hall–Kier alpha value is -3.41. The van der Waals surface area contributed by atoms with Gasteiger partial charge in [0.1, 0.15) is 11.6 Å². The Morgan fingerprint density at radius 1 is 1.20 bits per heavy atom. The molecule has 44 heavy (non-hydrogen) atoms. The van der Waals surface area contributed by atoms with E-state index in [9.17, 15) is 17.6 Å². The summed E-state index contributed by atoms with van der Waals surface area (Å²) in [4.78, 5) is 18.8. The SMILES string of the molecule is CCOC(=O)/C=C/c1cnc(CN2CCC(c3cccc4c3O[C@@](C)(c3ccc(Cl)cc3F)O4)CC2)n1C[C@H]1CCS1(=O)=O. The van der Waals surface area contributed by atoms with Crippen molar-refractivity contribution in [3.8, 4) is 11.5 Å². The monoisotopic (exact) mass is 643 g/mol. The molecule has 2 saturated heterocycles. The topological polar surface area (TPSA) is 100.0 Å². The molecule has 234 valence electrons. The molecule has 3 aliphatic heterocycles. The van der Waals surface area contributed by atoms with Crippen LogP contribution >= 0.6 is 11.6 Å². The lowest BCUT2D eigenvalue weighted by atomic mass is 9.88. The number of imidazole rings is 1. The largest absolute Gasteiger partial charge is 0.463 e. The van der Waals surface area contributed by atoms with E-state index < -0.39 is 32.7 Å². The maximum absolute atomic E-state index is 14.8. The third-order valence-electron chi connectivity index (χ3n) is 8.69. The number of halogens is 2. The Labute approximate surface area is 261 Å². The molecule has 0 N–H and O–H groups in total. The molecule has 3 aliphatic rings. The number of aromatic nitrogens is 2. The van der Waals surface area contributed by atoms with Crippen molar-refractivity contribution in [3.05, 3.63) is 82.2 Å². The summed E-state index contributed by atoms with van der Waals surface area (Å²) in [5.74, 6) is 0.136. The Bertz CT molecular complexity index is 1700. The van der Waals surface area contributed by atoms with Crippen LogP contribution in [0.4, 0.5) is 4.39 Å². The summed E-state index contributed by atoms with van der Waals surface area (Å²) in [6, 6.07) is 10.3. The zero-order chi connectivity index (χ0) is 31.1. The van der Waals surface area contributed by atoms with Gasteiger partial charge in [0, 0.05) is 30.1 Å². The molecule has 6 rings (SSSR count). The molecule has 0 amide bonds. The van der Waals surface area contributed by atoms with Gasteiger partial charge in [0.05, 0.1) is 41.6 Å². The maximum Gasteiger partial charge on any atom is 0.330 e. The number of fused-ring (bicyclic) bond motifs is 1. The Balaban J connectivity index is 1.15. The van der Waals surface area contributed by atoms with Gasteiger partial charge in [0.25, 0.3) is 5.79 Å². The number of carbonyl (C=O) groups is 1. The summed E-state index contributed by atoms with van der Waals surface area (Å²) in [5, 5.41) is -0.150. The van der Waals surface area contributed by atoms with E-state index in [2.05, 4.69) is 9.88 Å². The van der Waals surface area contributed by atoms with Crippen molar-refractivity contribution in [2.24, 2.45) is 0 Å². The van der Waals surface area contributed by atoms with Crippen LogP contribution in [-0.2, 0) is 38.2 Å².